The second kappa shape index (κ2) is 10.1. The Labute approximate surface area is 194 Å². The van der Waals surface area contributed by atoms with Crippen LogP contribution in [0.2, 0.25) is 0 Å². The fraction of sp³-hybridized carbons (Fsp3) is 0.370. The van der Waals surface area contributed by atoms with Crippen LogP contribution in [0.4, 0.5) is 0 Å². The van der Waals surface area contributed by atoms with Crippen molar-refractivity contribution < 1.29 is 9.53 Å². The summed E-state index contributed by atoms with van der Waals surface area (Å²) in [5.74, 6) is 0.742. The number of carbonyl (C=O) groups excluding carboxylic acids is 1. The first-order valence-corrected chi connectivity index (χ1v) is 11.6. The molecule has 0 radical (unpaired) electrons. The molecule has 0 aliphatic carbocycles. The van der Waals surface area contributed by atoms with Crippen molar-refractivity contribution in [1.29, 1.82) is 0 Å². The zero-order valence-corrected chi connectivity index (χ0v) is 19.2. The standard InChI is InChI=1S/C27H31N3O3/c1-19(2)25-28-22(18-24(31)30-25)17-23(20-9-5-3-6-10-20)29-26(32)27(13-15-33-16-14-27)21-11-7-4-8-12-21/h3-12,18-19,23H,13-17H2,1-2H3,(H,29,32)(H,28,30,31)/t23-/m1/s1. The third kappa shape index (κ3) is 5.22. The lowest BCUT2D eigenvalue weighted by molar-refractivity contribution is -0.131. The first kappa shape index (κ1) is 22.9. The predicted octanol–water partition coefficient (Wildman–Crippen LogP) is 4.04. The lowest BCUT2D eigenvalue weighted by Crippen LogP contribution is -2.49. The van der Waals surface area contributed by atoms with Gasteiger partial charge in [0, 0.05) is 31.6 Å². The molecule has 33 heavy (non-hydrogen) atoms. The van der Waals surface area contributed by atoms with Crippen molar-refractivity contribution in [3.63, 3.8) is 0 Å². The Hall–Kier alpha value is -3.25. The van der Waals surface area contributed by atoms with E-state index in [4.69, 9.17) is 4.74 Å². The maximum atomic E-state index is 13.9. The van der Waals surface area contributed by atoms with Gasteiger partial charge in [0.2, 0.25) is 5.91 Å². The van der Waals surface area contributed by atoms with Crippen LogP contribution in [0, 0.1) is 0 Å². The average molecular weight is 446 g/mol. The monoisotopic (exact) mass is 445 g/mol. The number of aromatic amines is 1. The number of benzene rings is 2. The number of nitrogens with one attached hydrogen (secondary N) is 2. The molecule has 1 fully saturated rings. The van der Waals surface area contributed by atoms with Crippen LogP contribution in [0.1, 0.15) is 61.3 Å². The molecular formula is C27H31N3O3. The van der Waals surface area contributed by atoms with Crippen molar-refractivity contribution in [2.75, 3.05) is 13.2 Å². The molecule has 3 aromatic rings. The smallest absolute Gasteiger partial charge is 0.251 e. The Morgan fingerprint density at radius 3 is 2.33 bits per heavy atom. The molecule has 2 heterocycles. The molecule has 0 saturated carbocycles. The molecule has 1 amide bonds. The maximum Gasteiger partial charge on any atom is 0.251 e. The van der Waals surface area contributed by atoms with Gasteiger partial charge in [-0.25, -0.2) is 4.98 Å². The summed E-state index contributed by atoms with van der Waals surface area (Å²) in [6.45, 7) is 5.08. The van der Waals surface area contributed by atoms with Gasteiger partial charge in [-0.15, -0.1) is 0 Å². The van der Waals surface area contributed by atoms with Crippen molar-refractivity contribution in [2.45, 2.75) is 50.5 Å². The molecule has 1 aliphatic rings. The highest BCUT2D eigenvalue weighted by Gasteiger charge is 2.42. The van der Waals surface area contributed by atoms with Crippen LogP contribution < -0.4 is 10.9 Å². The molecule has 1 aliphatic heterocycles. The molecule has 4 rings (SSSR count). The van der Waals surface area contributed by atoms with Gasteiger partial charge in [-0.2, -0.15) is 0 Å². The van der Waals surface area contributed by atoms with Crippen molar-refractivity contribution in [2.24, 2.45) is 0 Å². The number of aromatic nitrogens is 2. The SMILES string of the molecule is CC(C)c1nc(C[C@@H](NC(=O)C2(c3ccccc3)CCOCC2)c2ccccc2)cc(=O)[nH]1. The van der Waals surface area contributed by atoms with E-state index in [0.717, 1.165) is 11.1 Å². The molecule has 6 heteroatoms. The Bertz CT molecular complexity index is 1120. The van der Waals surface area contributed by atoms with Crippen molar-refractivity contribution in [3.05, 3.63) is 99.7 Å². The van der Waals surface area contributed by atoms with Gasteiger partial charge in [0.15, 0.2) is 0 Å². The Morgan fingerprint density at radius 2 is 1.70 bits per heavy atom. The minimum atomic E-state index is -0.642. The number of hydrogen-bond donors (Lipinski definition) is 2. The highest BCUT2D eigenvalue weighted by molar-refractivity contribution is 5.88. The first-order valence-electron chi connectivity index (χ1n) is 11.6. The highest BCUT2D eigenvalue weighted by atomic mass is 16.5. The largest absolute Gasteiger partial charge is 0.381 e. The summed E-state index contributed by atoms with van der Waals surface area (Å²) in [5, 5.41) is 3.31. The van der Waals surface area contributed by atoms with E-state index in [1.807, 2.05) is 74.5 Å². The van der Waals surface area contributed by atoms with Crippen LogP contribution >= 0.6 is 0 Å². The summed E-state index contributed by atoms with van der Waals surface area (Å²) < 4.78 is 5.60. The molecule has 1 atom stereocenters. The van der Waals surface area contributed by atoms with Crippen molar-refractivity contribution in [1.82, 2.24) is 15.3 Å². The number of nitrogens with zero attached hydrogens (tertiary/aromatic N) is 1. The zero-order valence-electron chi connectivity index (χ0n) is 19.2. The lowest BCUT2D eigenvalue weighted by Gasteiger charge is -2.37. The molecule has 2 aromatic carbocycles. The van der Waals surface area contributed by atoms with Crippen LogP contribution in [-0.2, 0) is 21.4 Å². The van der Waals surface area contributed by atoms with E-state index < -0.39 is 5.41 Å². The molecule has 6 nitrogen and oxygen atoms in total. The quantitative estimate of drug-likeness (QED) is 0.575. The summed E-state index contributed by atoms with van der Waals surface area (Å²) >= 11 is 0. The number of amides is 1. The highest BCUT2D eigenvalue weighted by Crippen LogP contribution is 2.36. The second-order valence-electron chi connectivity index (χ2n) is 8.98. The van der Waals surface area contributed by atoms with E-state index in [9.17, 15) is 9.59 Å². The molecule has 0 spiro atoms. The third-order valence-electron chi connectivity index (χ3n) is 6.39. The van der Waals surface area contributed by atoms with Crippen LogP contribution in [0.25, 0.3) is 0 Å². The van der Waals surface area contributed by atoms with E-state index in [1.165, 1.54) is 6.07 Å². The van der Waals surface area contributed by atoms with Gasteiger partial charge < -0.3 is 15.0 Å². The minimum Gasteiger partial charge on any atom is -0.381 e. The molecule has 2 N–H and O–H groups in total. The molecule has 1 saturated heterocycles. The number of hydrogen-bond acceptors (Lipinski definition) is 4. The minimum absolute atomic E-state index is 0.0141. The molecule has 0 bridgehead atoms. The third-order valence-corrected chi connectivity index (χ3v) is 6.39. The van der Waals surface area contributed by atoms with Gasteiger partial charge in [-0.05, 0) is 24.0 Å². The number of carbonyl (C=O) groups is 1. The fourth-order valence-electron chi connectivity index (χ4n) is 4.47. The van der Waals surface area contributed by atoms with Crippen LogP contribution in [0.3, 0.4) is 0 Å². The molecule has 1 aromatic heterocycles. The molecule has 172 valence electrons. The van der Waals surface area contributed by atoms with E-state index in [1.54, 1.807) is 0 Å². The van der Waals surface area contributed by atoms with Crippen molar-refractivity contribution >= 4 is 5.91 Å². The number of ether oxygens (including phenoxy) is 1. The topological polar surface area (TPSA) is 84.1 Å². The lowest BCUT2D eigenvalue weighted by atomic mass is 9.73. The van der Waals surface area contributed by atoms with Gasteiger partial charge >= 0.3 is 0 Å². The zero-order chi connectivity index (χ0) is 23.3. The summed E-state index contributed by atoms with van der Waals surface area (Å²) in [4.78, 5) is 33.6. The Kier molecular flexibility index (Phi) is 7.04. The van der Waals surface area contributed by atoms with Crippen LogP contribution in [0.15, 0.2) is 71.5 Å². The van der Waals surface area contributed by atoms with Crippen molar-refractivity contribution in [3.8, 4) is 0 Å². The van der Waals surface area contributed by atoms with Gasteiger partial charge in [0.1, 0.15) is 5.82 Å². The van der Waals surface area contributed by atoms with Gasteiger partial charge in [0.05, 0.1) is 17.2 Å². The molecular weight excluding hydrogens is 414 g/mol. The first-order chi connectivity index (χ1) is 16.0. The summed E-state index contributed by atoms with van der Waals surface area (Å²) in [7, 11) is 0. The van der Waals surface area contributed by atoms with Crippen LogP contribution in [0.5, 0.6) is 0 Å². The number of H-pyrrole nitrogens is 1. The van der Waals surface area contributed by atoms with Gasteiger partial charge in [-0.3, -0.25) is 9.59 Å². The van der Waals surface area contributed by atoms with E-state index in [-0.39, 0.29) is 23.4 Å². The summed E-state index contributed by atoms with van der Waals surface area (Å²) in [6.07, 6.45) is 1.69. The van der Waals surface area contributed by atoms with Gasteiger partial charge in [0.25, 0.3) is 5.56 Å². The predicted molar refractivity (Wildman–Crippen MR) is 128 cm³/mol. The Balaban J connectivity index is 1.67. The normalized spacial score (nSPS) is 16.3. The summed E-state index contributed by atoms with van der Waals surface area (Å²) in [5.41, 5.74) is 1.84. The average Bonchev–Trinajstić information content (AvgIpc) is 2.84. The summed E-state index contributed by atoms with van der Waals surface area (Å²) in [6, 6.07) is 21.0. The Morgan fingerprint density at radius 1 is 1.06 bits per heavy atom. The fourth-order valence-corrected chi connectivity index (χ4v) is 4.47. The molecule has 0 unspecified atom stereocenters. The maximum absolute atomic E-state index is 13.9. The van der Waals surface area contributed by atoms with E-state index in [0.29, 0.717) is 44.0 Å². The van der Waals surface area contributed by atoms with E-state index >= 15 is 0 Å². The van der Waals surface area contributed by atoms with E-state index in [2.05, 4.69) is 15.3 Å². The van der Waals surface area contributed by atoms with Gasteiger partial charge in [-0.1, -0.05) is 74.5 Å². The van der Waals surface area contributed by atoms with Crippen LogP contribution in [-0.4, -0.2) is 29.1 Å². The second-order valence-corrected chi connectivity index (χ2v) is 8.98. The number of rotatable bonds is 7.